The Hall–Kier alpha value is -2.88. The predicted molar refractivity (Wildman–Crippen MR) is 117 cm³/mol. The Bertz CT molecular complexity index is 1150. The molecule has 2 aromatic heterocycles. The SMILES string of the molecule is C#CCn1cc(C=NNc2nc(-c3ccc(Br)cc3)cs2)c2ccccc21. The zero-order valence-corrected chi connectivity index (χ0v) is 16.7. The van der Waals surface area contributed by atoms with Gasteiger partial charge in [0.2, 0.25) is 5.13 Å². The monoisotopic (exact) mass is 434 g/mol. The Kier molecular flexibility index (Phi) is 5.05. The van der Waals surface area contributed by atoms with E-state index >= 15 is 0 Å². The van der Waals surface area contributed by atoms with E-state index in [2.05, 4.69) is 49.5 Å². The average molecular weight is 435 g/mol. The van der Waals surface area contributed by atoms with Gasteiger partial charge in [0, 0.05) is 38.1 Å². The van der Waals surface area contributed by atoms with Crippen molar-refractivity contribution in [2.24, 2.45) is 5.10 Å². The first-order valence-electron chi connectivity index (χ1n) is 8.26. The predicted octanol–water partition coefficient (Wildman–Crippen LogP) is 5.61. The van der Waals surface area contributed by atoms with E-state index in [0.29, 0.717) is 6.54 Å². The number of para-hydroxylation sites is 1. The smallest absolute Gasteiger partial charge is 0.203 e. The number of hydrogen-bond donors (Lipinski definition) is 1. The van der Waals surface area contributed by atoms with Crippen LogP contribution in [0.25, 0.3) is 22.2 Å². The molecule has 0 bridgehead atoms. The van der Waals surface area contributed by atoms with Gasteiger partial charge in [0.25, 0.3) is 0 Å². The van der Waals surface area contributed by atoms with Crippen LogP contribution in [0.15, 0.2) is 69.7 Å². The van der Waals surface area contributed by atoms with Crippen LogP contribution in [0, 0.1) is 12.3 Å². The normalized spacial score (nSPS) is 11.1. The van der Waals surface area contributed by atoms with Gasteiger partial charge >= 0.3 is 0 Å². The van der Waals surface area contributed by atoms with Crippen LogP contribution in [0.5, 0.6) is 0 Å². The molecule has 27 heavy (non-hydrogen) atoms. The quantitative estimate of drug-likeness (QED) is 0.252. The van der Waals surface area contributed by atoms with E-state index in [4.69, 9.17) is 6.42 Å². The summed E-state index contributed by atoms with van der Waals surface area (Å²) >= 11 is 4.97. The molecule has 0 amide bonds. The van der Waals surface area contributed by atoms with Crippen LogP contribution in [0.1, 0.15) is 5.56 Å². The van der Waals surface area contributed by atoms with Gasteiger partial charge in [-0.15, -0.1) is 17.8 Å². The van der Waals surface area contributed by atoms with Gasteiger partial charge in [-0.05, 0) is 18.2 Å². The molecule has 4 nitrogen and oxygen atoms in total. The molecule has 0 atom stereocenters. The third kappa shape index (κ3) is 3.80. The molecule has 1 N–H and O–H groups in total. The maximum atomic E-state index is 5.47. The van der Waals surface area contributed by atoms with Gasteiger partial charge in [0.1, 0.15) is 0 Å². The number of terminal acetylenes is 1. The number of anilines is 1. The topological polar surface area (TPSA) is 42.2 Å². The summed E-state index contributed by atoms with van der Waals surface area (Å²) in [5.41, 5.74) is 7.13. The number of thiazole rings is 1. The van der Waals surface area contributed by atoms with Crippen LogP contribution in [-0.4, -0.2) is 15.8 Å². The lowest BCUT2D eigenvalue weighted by Gasteiger charge is -1.97. The highest BCUT2D eigenvalue weighted by Crippen LogP contribution is 2.26. The lowest BCUT2D eigenvalue weighted by atomic mass is 10.2. The first-order chi connectivity index (χ1) is 13.2. The summed E-state index contributed by atoms with van der Waals surface area (Å²) in [4.78, 5) is 4.58. The van der Waals surface area contributed by atoms with Gasteiger partial charge in [0.05, 0.1) is 18.5 Å². The van der Waals surface area contributed by atoms with E-state index in [1.54, 1.807) is 6.21 Å². The van der Waals surface area contributed by atoms with E-state index < -0.39 is 0 Å². The summed E-state index contributed by atoms with van der Waals surface area (Å²) in [6, 6.07) is 16.2. The molecule has 2 heterocycles. The van der Waals surface area contributed by atoms with Crippen molar-refractivity contribution >= 4 is 49.5 Å². The fraction of sp³-hybridized carbons (Fsp3) is 0.0476. The molecule has 0 fully saturated rings. The van der Waals surface area contributed by atoms with E-state index in [1.807, 2.05) is 52.5 Å². The van der Waals surface area contributed by atoms with Crippen molar-refractivity contribution in [3.63, 3.8) is 0 Å². The van der Waals surface area contributed by atoms with Crippen molar-refractivity contribution < 1.29 is 0 Å². The van der Waals surface area contributed by atoms with E-state index in [1.165, 1.54) is 11.3 Å². The Morgan fingerprint density at radius 2 is 2.04 bits per heavy atom. The minimum atomic E-state index is 0.533. The lowest BCUT2D eigenvalue weighted by Crippen LogP contribution is -1.92. The van der Waals surface area contributed by atoms with Gasteiger partial charge in [-0.2, -0.15) is 5.10 Å². The Morgan fingerprint density at radius 3 is 2.85 bits per heavy atom. The number of nitrogens with one attached hydrogen (secondary N) is 1. The molecule has 0 saturated heterocycles. The van der Waals surface area contributed by atoms with Crippen molar-refractivity contribution in [3.05, 3.63) is 70.1 Å². The molecule has 6 heteroatoms. The third-order valence-corrected chi connectivity index (χ3v) is 5.36. The zero-order chi connectivity index (χ0) is 18.6. The summed E-state index contributed by atoms with van der Waals surface area (Å²) in [5, 5.41) is 8.24. The fourth-order valence-corrected chi connectivity index (χ4v) is 3.78. The summed E-state index contributed by atoms with van der Waals surface area (Å²) in [6.07, 6.45) is 9.29. The molecule has 0 radical (unpaired) electrons. The van der Waals surface area contributed by atoms with Gasteiger partial charge in [-0.3, -0.25) is 5.43 Å². The van der Waals surface area contributed by atoms with Gasteiger partial charge in [-0.1, -0.05) is 52.2 Å². The number of benzene rings is 2. The van der Waals surface area contributed by atoms with Crippen molar-refractivity contribution in [2.75, 3.05) is 5.43 Å². The Labute approximate surface area is 169 Å². The molecular weight excluding hydrogens is 420 g/mol. The largest absolute Gasteiger partial charge is 0.335 e. The van der Waals surface area contributed by atoms with E-state index in [0.717, 1.165) is 37.3 Å². The summed E-state index contributed by atoms with van der Waals surface area (Å²) in [5.74, 6) is 2.68. The van der Waals surface area contributed by atoms with Crippen LogP contribution in [0.3, 0.4) is 0 Å². The van der Waals surface area contributed by atoms with Crippen molar-refractivity contribution in [1.82, 2.24) is 9.55 Å². The molecule has 0 spiro atoms. The van der Waals surface area contributed by atoms with Crippen molar-refractivity contribution in [1.29, 1.82) is 0 Å². The molecule has 4 aromatic rings. The molecule has 132 valence electrons. The first-order valence-corrected chi connectivity index (χ1v) is 9.94. The van der Waals surface area contributed by atoms with Crippen LogP contribution < -0.4 is 5.43 Å². The maximum Gasteiger partial charge on any atom is 0.203 e. The highest BCUT2D eigenvalue weighted by Gasteiger charge is 2.06. The first kappa shape index (κ1) is 17.5. The maximum absolute atomic E-state index is 5.47. The second-order valence-electron chi connectivity index (χ2n) is 5.85. The molecule has 0 saturated carbocycles. The Balaban J connectivity index is 1.53. The highest BCUT2D eigenvalue weighted by atomic mass is 79.9. The molecule has 0 unspecified atom stereocenters. The minimum absolute atomic E-state index is 0.533. The second kappa shape index (κ2) is 7.78. The van der Waals surface area contributed by atoms with Crippen molar-refractivity contribution in [3.8, 4) is 23.6 Å². The summed E-state index contributed by atoms with van der Waals surface area (Å²) in [6.45, 7) is 0.533. The third-order valence-electron chi connectivity index (χ3n) is 4.09. The fourth-order valence-electron chi connectivity index (χ4n) is 2.84. The summed E-state index contributed by atoms with van der Waals surface area (Å²) < 4.78 is 3.10. The van der Waals surface area contributed by atoms with E-state index in [9.17, 15) is 0 Å². The van der Waals surface area contributed by atoms with Crippen LogP contribution in [0.2, 0.25) is 0 Å². The number of fused-ring (bicyclic) bond motifs is 1. The zero-order valence-electron chi connectivity index (χ0n) is 14.3. The second-order valence-corrected chi connectivity index (χ2v) is 7.62. The minimum Gasteiger partial charge on any atom is -0.335 e. The Morgan fingerprint density at radius 1 is 1.22 bits per heavy atom. The molecular formula is C21H15BrN4S. The average Bonchev–Trinajstić information content (AvgIpc) is 3.29. The number of aromatic nitrogens is 2. The van der Waals surface area contributed by atoms with Crippen molar-refractivity contribution in [2.45, 2.75) is 6.54 Å². The number of halogens is 1. The molecule has 2 aromatic carbocycles. The molecule has 0 aliphatic heterocycles. The van der Waals surface area contributed by atoms with Crippen LogP contribution in [0.4, 0.5) is 5.13 Å². The van der Waals surface area contributed by atoms with Crippen LogP contribution in [-0.2, 0) is 6.54 Å². The summed E-state index contributed by atoms with van der Waals surface area (Å²) in [7, 11) is 0. The number of rotatable bonds is 5. The van der Waals surface area contributed by atoms with Gasteiger partial charge in [-0.25, -0.2) is 4.98 Å². The lowest BCUT2D eigenvalue weighted by molar-refractivity contribution is 0.886. The molecule has 0 aliphatic carbocycles. The number of hydrogen-bond acceptors (Lipinski definition) is 4. The van der Waals surface area contributed by atoms with Gasteiger partial charge < -0.3 is 4.57 Å². The standard InChI is InChI=1S/C21H15BrN4S/c1-2-11-26-13-16(18-5-3-4-6-20(18)26)12-23-25-21-24-19(14-27-21)15-7-9-17(22)10-8-15/h1,3-10,12-14H,11H2,(H,24,25). The van der Waals surface area contributed by atoms with Gasteiger partial charge in [0.15, 0.2) is 0 Å². The molecule has 0 aliphatic rings. The number of nitrogens with zero attached hydrogens (tertiary/aromatic N) is 3. The highest BCUT2D eigenvalue weighted by molar-refractivity contribution is 9.10. The molecule has 4 rings (SSSR count). The van der Waals surface area contributed by atoms with Crippen LogP contribution >= 0.6 is 27.3 Å². The number of hydrazone groups is 1. The van der Waals surface area contributed by atoms with E-state index in [-0.39, 0.29) is 0 Å².